The zero-order valence-corrected chi connectivity index (χ0v) is 13.6. The molecule has 0 spiro atoms. The van der Waals surface area contributed by atoms with E-state index in [2.05, 4.69) is 12.2 Å². The molecule has 21 heavy (non-hydrogen) atoms. The van der Waals surface area contributed by atoms with Crippen LogP contribution in [-0.4, -0.2) is 55.6 Å². The van der Waals surface area contributed by atoms with Crippen LogP contribution in [0.25, 0.3) is 0 Å². The van der Waals surface area contributed by atoms with Gasteiger partial charge in [-0.25, -0.2) is 4.79 Å². The number of carbonyl (C=O) groups is 2. The summed E-state index contributed by atoms with van der Waals surface area (Å²) in [4.78, 5) is 25.9. The Hall–Kier alpha value is -1.14. The average molecular weight is 299 g/mol. The van der Waals surface area contributed by atoms with E-state index in [9.17, 15) is 9.59 Å². The number of piperidine rings is 1. The van der Waals surface area contributed by atoms with E-state index in [1.165, 1.54) is 7.11 Å². The van der Waals surface area contributed by atoms with Crippen LogP contribution in [0.2, 0.25) is 0 Å². The molecule has 1 amide bonds. The lowest BCUT2D eigenvalue weighted by molar-refractivity contribution is -0.145. The number of hydrogen-bond donors (Lipinski definition) is 2. The molecule has 3 N–H and O–H groups in total. The lowest BCUT2D eigenvalue weighted by atomic mass is 9.94. The Balaban J connectivity index is 2.48. The first-order valence-electron chi connectivity index (χ1n) is 7.68. The van der Waals surface area contributed by atoms with E-state index >= 15 is 0 Å². The Morgan fingerprint density at radius 3 is 2.62 bits per heavy atom. The minimum atomic E-state index is -0.570. The van der Waals surface area contributed by atoms with Crippen LogP contribution in [0.5, 0.6) is 0 Å². The van der Waals surface area contributed by atoms with Gasteiger partial charge in [-0.2, -0.15) is 0 Å². The minimum Gasteiger partial charge on any atom is -0.467 e. The van der Waals surface area contributed by atoms with Gasteiger partial charge in [0.05, 0.1) is 13.7 Å². The maximum absolute atomic E-state index is 12.1. The molecule has 6 heteroatoms. The lowest BCUT2D eigenvalue weighted by Gasteiger charge is -2.34. The van der Waals surface area contributed by atoms with Crippen LogP contribution in [0.1, 0.15) is 33.6 Å². The summed E-state index contributed by atoms with van der Waals surface area (Å²) in [7, 11) is 1.34. The highest BCUT2D eigenvalue weighted by Gasteiger charge is 2.27. The van der Waals surface area contributed by atoms with Gasteiger partial charge in [0.2, 0.25) is 5.91 Å². The first-order chi connectivity index (χ1) is 9.83. The van der Waals surface area contributed by atoms with Crippen molar-refractivity contribution in [1.82, 2.24) is 10.2 Å². The molecule has 0 aromatic rings. The molecule has 122 valence electrons. The van der Waals surface area contributed by atoms with Crippen LogP contribution >= 0.6 is 0 Å². The monoisotopic (exact) mass is 299 g/mol. The molecule has 1 saturated heterocycles. The predicted octanol–water partition coefficient (Wildman–Crippen LogP) is 0.359. The molecule has 1 heterocycles. The summed E-state index contributed by atoms with van der Waals surface area (Å²) < 4.78 is 4.75. The molecule has 3 unspecified atom stereocenters. The Labute approximate surface area is 127 Å². The number of esters is 1. The maximum Gasteiger partial charge on any atom is 0.328 e. The van der Waals surface area contributed by atoms with Gasteiger partial charge < -0.3 is 15.8 Å². The fourth-order valence-electron chi connectivity index (χ4n) is 2.58. The van der Waals surface area contributed by atoms with Gasteiger partial charge in [-0.3, -0.25) is 9.69 Å². The fraction of sp³-hybridized carbons (Fsp3) is 0.867. The molecule has 0 saturated carbocycles. The number of likely N-dealkylation sites (tertiary alicyclic amines) is 1. The number of nitrogens with two attached hydrogens (primary N) is 1. The number of ether oxygens (including phenoxy) is 1. The fourth-order valence-corrected chi connectivity index (χ4v) is 2.58. The number of amides is 1. The number of hydrogen-bond acceptors (Lipinski definition) is 5. The van der Waals surface area contributed by atoms with Crippen molar-refractivity contribution in [1.29, 1.82) is 0 Å². The standard InChI is InChI=1S/C15H29N3O3/c1-10(2)7-13(15(20)21-4)17-14(19)9-18-6-5-11(3)12(16)8-18/h10-13H,5-9,16H2,1-4H3,(H,17,19). The van der Waals surface area contributed by atoms with Crippen molar-refractivity contribution in [2.75, 3.05) is 26.7 Å². The first kappa shape index (κ1) is 17.9. The summed E-state index contributed by atoms with van der Waals surface area (Å²) in [5.41, 5.74) is 6.03. The van der Waals surface area contributed by atoms with Crippen molar-refractivity contribution in [3.05, 3.63) is 0 Å². The highest BCUT2D eigenvalue weighted by atomic mass is 16.5. The summed E-state index contributed by atoms with van der Waals surface area (Å²) in [5.74, 6) is 0.264. The molecule has 0 aliphatic carbocycles. The van der Waals surface area contributed by atoms with Crippen molar-refractivity contribution < 1.29 is 14.3 Å². The molecule has 3 atom stereocenters. The molecule has 0 radical (unpaired) electrons. The molecule has 0 bridgehead atoms. The van der Waals surface area contributed by atoms with Gasteiger partial charge in [0.25, 0.3) is 0 Å². The van der Waals surface area contributed by atoms with E-state index in [1.807, 2.05) is 18.7 Å². The second-order valence-electron chi connectivity index (χ2n) is 6.44. The summed E-state index contributed by atoms with van der Waals surface area (Å²) >= 11 is 0. The van der Waals surface area contributed by atoms with Crippen molar-refractivity contribution in [2.45, 2.75) is 45.7 Å². The van der Waals surface area contributed by atoms with Gasteiger partial charge in [0.15, 0.2) is 0 Å². The normalized spacial score (nSPS) is 24.7. The summed E-state index contributed by atoms with van der Waals surface area (Å²) in [6, 6.07) is -0.460. The zero-order chi connectivity index (χ0) is 16.0. The molecule has 1 fully saturated rings. The second-order valence-corrected chi connectivity index (χ2v) is 6.44. The minimum absolute atomic E-state index is 0.110. The Morgan fingerprint density at radius 2 is 2.10 bits per heavy atom. The molecule has 1 rings (SSSR count). The third kappa shape index (κ3) is 6.01. The summed E-state index contributed by atoms with van der Waals surface area (Å²) in [6.07, 6.45) is 1.58. The number of rotatable bonds is 6. The van der Waals surface area contributed by atoms with Gasteiger partial charge in [-0.1, -0.05) is 20.8 Å². The quantitative estimate of drug-likeness (QED) is 0.692. The molecule has 0 aromatic carbocycles. The third-order valence-electron chi connectivity index (χ3n) is 4.00. The van der Waals surface area contributed by atoms with Crippen LogP contribution in [0, 0.1) is 11.8 Å². The van der Waals surface area contributed by atoms with Gasteiger partial charge >= 0.3 is 5.97 Å². The number of nitrogens with one attached hydrogen (secondary N) is 1. The van der Waals surface area contributed by atoms with Gasteiger partial charge in [0, 0.05) is 12.6 Å². The van der Waals surface area contributed by atoms with E-state index in [-0.39, 0.29) is 24.5 Å². The highest BCUT2D eigenvalue weighted by Crippen LogP contribution is 2.15. The van der Waals surface area contributed by atoms with Crippen molar-refractivity contribution in [2.24, 2.45) is 17.6 Å². The number of carbonyl (C=O) groups excluding carboxylic acids is 2. The first-order valence-corrected chi connectivity index (χ1v) is 7.68. The topological polar surface area (TPSA) is 84.7 Å². The Morgan fingerprint density at radius 1 is 1.43 bits per heavy atom. The maximum atomic E-state index is 12.1. The largest absolute Gasteiger partial charge is 0.467 e. The molecule has 1 aliphatic rings. The highest BCUT2D eigenvalue weighted by molar-refractivity contribution is 5.85. The molecular formula is C15H29N3O3. The van der Waals surface area contributed by atoms with Crippen molar-refractivity contribution in [3.63, 3.8) is 0 Å². The van der Waals surface area contributed by atoms with Crippen molar-refractivity contribution >= 4 is 11.9 Å². The van der Waals surface area contributed by atoms with Gasteiger partial charge in [0.1, 0.15) is 6.04 Å². The van der Waals surface area contributed by atoms with E-state index < -0.39 is 6.04 Å². The molecule has 1 aliphatic heterocycles. The number of nitrogens with zero attached hydrogens (tertiary/aromatic N) is 1. The van der Waals surface area contributed by atoms with E-state index in [0.717, 1.165) is 19.5 Å². The zero-order valence-electron chi connectivity index (χ0n) is 13.6. The number of methoxy groups -OCH3 is 1. The van der Waals surface area contributed by atoms with Crippen LogP contribution < -0.4 is 11.1 Å². The SMILES string of the molecule is COC(=O)C(CC(C)C)NC(=O)CN1CCC(C)C(N)C1. The molecule has 6 nitrogen and oxygen atoms in total. The van der Waals surface area contributed by atoms with E-state index in [4.69, 9.17) is 10.5 Å². The van der Waals surface area contributed by atoms with Crippen LogP contribution in [-0.2, 0) is 14.3 Å². The predicted molar refractivity (Wildman–Crippen MR) is 81.6 cm³/mol. The summed E-state index contributed by atoms with van der Waals surface area (Å²) in [5, 5.41) is 2.78. The van der Waals surface area contributed by atoms with Gasteiger partial charge in [-0.15, -0.1) is 0 Å². The van der Waals surface area contributed by atoms with E-state index in [0.29, 0.717) is 18.3 Å². The average Bonchev–Trinajstić information content (AvgIpc) is 2.40. The van der Waals surface area contributed by atoms with Crippen LogP contribution in [0.15, 0.2) is 0 Å². The Kier molecular flexibility index (Phi) is 7.11. The van der Waals surface area contributed by atoms with Crippen molar-refractivity contribution in [3.8, 4) is 0 Å². The van der Waals surface area contributed by atoms with Crippen LogP contribution in [0.3, 0.4) is 0 Å². The van der Waals surface area contributed by atoms with E-state index in [1.54, 1.807) is 0 Å². The van der Waals surface area contributed by atoms with Gasteiger partial charge in [-0.05, 0) is 31.2 Å². The molecular weight excluding hydrogens is 270 g/mol. The second kappa shape index (κ2) is 8.34. The Bertz CT molecular complexity index is 360. The van der Waals surface area contributed by atoms with Crippen LogP contribution in [0.4, 0.5) is 0 Å². The molecule has 0 aromatic heterocycles. The smallest absolute Gasteiger partial charge is 0.328 e. The third-order valence-corrected chi connectivity index (χ3v) is 4.00. The lowest BCUT2D eigenvalue weighted by Crippen LogP contribution is -2.52. The summed E-state index contributed by atoms with van der Waals surface area (Å²) in [6.45, 7) is 8.03.